The van der Waals surface area contributed by atoms with Gasteiger partial charge in [-0.05, 0) is 38.8 Å². The zero-order chi connectivity index (χ0) is 13.8. The smallest absolute Gasteiger partial charge is 0.253 e. The Morgan fingerprint density at radius 3 is 3.05 bits per heavy atom. The Morgan fingerprint density at radius 2 is 2.42 bits per heavy atom. The van der Waals surface area contributed by atoms with Gasteiger partial charge in [0, 0.05) is 25.3 Å². The van der Waals surface area contributed by atoms with Crippen molar-refractivity contribution in [1.82, 2.24) is 15.2 Å². The molecule has 0 aromatic carbocycles. The maximum atomic E-state index is 12.0. The minimum Gasteiger partial charge on any atom is -0.397 e. The summed E-state index contributed by atoms with van der Waals surface area (Å²) in [6.07, 6.45) is 4.23. The molecule has 1 aromatic rings. The lowest BCUT2D eigenvalue weighted by molar-refractivity contribution is 0.0948. The first-order valence-corrected chi connectivity index (χ1v) is 6.79. The van der Waals surface area contributed by atoms with Gasteiger partial charge in [0.05, 0.1) is 17.4 Å². The van der Waals surface area contributed by atoms with Crippen LogP contribution < -0.4 is 11.1 Å². The van der Waals surface area contributed by atoms with Gasteiger partial charge in [-0.3, -0.25) is 9.78 Å². The van der Waals surface area contributed by atoms with E-state index in [-0.39, 0.29) is 5.91 Å². The summed E-state index contributed by atoms with van der Waals surface area (Å²) in [5.74, 6) is 0.428. The first kappa shape index (κ1) is 13.8. The number of aromatic nitrogens is 1. The monoisotopic (exact) mass is 262 g/mol. The van der Waals surface area contributed by atoms with Crippen LogP contribution >= 0.6 is 0 Å². The quantitative estimate of drug-likeness (QED) is 0.853. The molecular weight excluding hydrogens is 240 g/mol. The highest BCUT2D eigenvalue weighted by molar-refractivity contribution is 5.98. The topological polar surface area (TPSA) is 71.2 Å². The number of carbonyl (C=O) groups is 1. The van der Waals surface area contributed by atoms with Crippen LogP contribution in [0.3, 0.4) is 0 Å². The van der Waals surface area contributed by atoms with Gasteiger partial charge in [0.2, 0.25) is 0 Å². The fourth-order valence-electron chi connectivity index (χ4n) is 2.44. The second-order valence-corrected chi connectivity index (χ2v) is 5.42. The minimum atomic E-state index is -0.108. The summed E-state index contributed by atoms with van der Waals surface area (Å²) in [6.45, 7) is 7.31. The molecule has 3 N–H and O–H groups in total. The van der Waals surface area contributed by atoms with Gasteiger partial charge >= 0.3 is 0 Å². The Labute approximate surface area is 114 Å². The summed E-state index contributed by atoms with van der Waals surface area (Å²) in [7, 11) is 0. The second-order valence-electron chi connectivity index (χ2n) is 5.42. The van der Waals surface area contributed by atoms with Gasteiger partial charge < -0.3 is 16.0 Å². The number of nitrogens with two attached hydrogens (primary N) is 1. The van der Waals surface area contributed by atoms with Gasteiger partial charge in [-0.15, -0.1) is 0 Å². The largest absolute Gasteiger partial charge is 0.397 e. The van der Waals surface area contributed by atoms with E-state index in [2.05, 4.69) is 29.0 Å². The average molecular weight is 262 g/mol. The van der Waals surface area contributed by atoms with Crippen LogP contribution in [0.2, 0.25) is 0 Å². The molecule has 104 valence electrons. The predicted octanol–water partition coefficient (Wildman–Crippen LogP) is 1.12. The number of carbonyl (C=O) groups excluding carboxylic acids is 1. The Bertz CT molecular complexity index is 447. The van der Waals surface area contributed by atoms with E-state index in [1.807, 2.05) is 0 Å². The lowest BCUT2D eigenvalue weighted by atomic mass is 10.1. The Morgan fingerprint density at radius 1 is 1.63 bits per heavy atom. The van der Waals surface area contributed by atoms with Crippen molar-refractivity contribution in [3.8, 4) is 0 Å². The van der Waals surface area contributed by atoms with Gasteiger partial charge in [-0.25, -0.2) is 0 Å². The average Bonchev–Trinajstić information content (AvgIpc) is 2.85. The van der Waals surface area contributed by atoms with Gasteiger partial charge in [0.1, 0.15) is 0 Å². The number of nitrogens with one attached hydrogen (secondary N) is 1. The predicted molar refractivity (Wildman–Crippen MR) is 75.8 cm³/mol. The molecule has 1 saturated heterocycles. The van der Waals surface area contributed by atoms with E-state index < -0.39 is 0 Å². The lowest BCUT2D eigenvalue weighted by Crippen LogP contribution is -2.33. The summed E-state index contributed by atoms with van der Waals surface area (Å²) >= 11 is 0. The van der Waals surface area contributed by atoms with Crippen LogP contribution in [-0.4, -0.2) is 41.5 Å². The molecule has 1 atom stereocenters. The second kappa shape index (κ2) is 6.02. The number of anilines is 1. The first-order chi connectivity index (χ1) is 9.08. The molecule has 2 heterocycles. The molecule has 5 nitrogen and oxygen atoms in total. The van der Waals surface area contributed by atoms with Crippen LogP contribution in [0.5, 0.6) is 0 Å². The Hall–Kier alpha value is -1.62. The molecule has 5 heteroatoms. The third kappa shape index (κ3) is 3.44. The van der Waals surface area contributed by atoms with Crippen LogP contribution in [0.15, 0.2) is 18.5 Å². The van der Waals surface area contributed by atoms with Crippen LogP contribution in [-0.2, 0) is 0 Å². The van der Waals surface area contributed by atoms with Gasteiger partial charge in [0.15, 0.2) is 0 Å². The van der Waals surface area contributed by atoms with Crippen molar-refractivity contribution in [2.75, 3.05) is 25.4 Å². The minimum absolute atomic E-state index is 0.108. The summed E-state index contributed by atoms with van der Waals surface area (Å²) in [5.41, 5.74) is 6.67. The van der Waals surface area contributed by atoms with Gasteiger partial charge in [-0.2, -0.15) is 0 Å². The van der Waals surface area contributed by atoms with E-state index in [1.54, 1.807) is 12.3 Å². The molecule has 1 aliphatic heterocycles. The molecular formula is C14H22N4O. The Balaban J connectivity index is 1.84. The van der Waals surface area contributed by atoms with Crippen LogP contribution in [0.4, 0.5) is 5.69 Å². The zero-order valence-corrected chi connectivity index (χ0v) is 11.6. The van der Waals surface area contributed by atoms with Crippen LogP contribution in [0.1, 0.15) is 30.6 Å². The zero-order valence-electron chi connectivity index (χ0n) is 11.6. The number of hydrogen-bond acceptors (Lipinski definition) is 4. The number of nitrogens with zero attached hydrogens (tertiary/aromatic N) is 2. The van der Waals surface area contributed by atoms with E-state index in [9.17, 15) is 4.79 Å². The molecule has 0 aliphatic carbocycles. The highest BCUT2D eigenvalue weighted by Gasteiger charge is 2.24. The maximum Gasteiger partial charge on any atom is 0.253 e. The molecule has 19 heavy (non-hydrogen) atoms. The van der Waals surface area contributed by atoms with Crippen molar-refractivity contribution in [3.05, 3.63) is 24.0 Å². The highest BCUT2D eigenvalue weighted by Crippen LogP contribution is 2.18. The van der Waals surface area contributed by atoms with Crippen molar-refractivity contribution in [1.29, 1.82) is 0 Å². The molecule has 0 saturated carbocycles. The molecule has 1 unspecified atom stereocenters. The molecule has 0 spiro atoms. The van der Waals surface area contributed by atoms with E-state index in [0.29, 0.717) is 29.8 Å². The SMILES string of the molecule is CC(C)N1CCC(CNC(=O)c2ccncc2N)C1. The number of hydrogen-bond donors (Lipinski definition) is 2. The molecule has 1 aliphatic rings. The fraction of sp³-hybridized carbons (Fsp3) is 0.571. The van der Waals surface area contributed by atoms with Crippen LogP contribution in [0, 0.1) is 5.92 Å². The standard InChI is InChI=1S/C14H22N4O/c1-10(2)18-6-4-11(9-18)7-17-14(19)12-3-5-16-8-13(12)15/h3,5,8,10-11H,4,6-7,9,15H2,1-2H3,(H,17,19). The summed E-state index contributed by atoms with van der Waals surface area (Å²) in [5, 5.41) is 2.97. The van der Waals surface area contributed by atoms with Crippen molar-refractivity contribution in [3.63, 3.8) is 0 Å². The highest BCUT2D eigenvalue weighted by atomic mass is 16.1. The van der Waals surface area contributed by atoms with Crippen molar-refractivity contribution < 1.29 is 4.79 Å². The molecule has 1 amide bonds. The summed E-state index contributed by atoms with van der Waals surface area (Å²) in [6, 6.07) is 2.23. The van der Waals surface area contributed by atoms with Crippen molar-refractivity contribution in [2.24, 2.45) is 5.92 Å². The fourth-order valence-corrected chi connectivity index (χ4v) is 2.44. The van der Waals surface area contributed by atoms with E-state index >= 15 is 0 Å². The van der Waals surface area contributed by atoms with Gasteiger partial charge in [-0.1, -0.05) is 0 Å². The van der Waals surface area contributed by atoms with Gasteiger partial charge in [0.25, 0.3) is 5.91 Å². The van der Waals surface area contributed by atoms with Crippen LogP contribution in [0.25, 0.3) is 0 Å². The van der Waals surface area contributed by atoms with E-state index in [0.717, 1.165) is 19.5 Å². The number of pyridine rings is 1. The molecule has 1 fully saturated rings. The molecule has 1 aromatic heterocycles. The maximum absolute atomic E-state index is 12.0. The molecule has 0 radical (unpaired) electrons. The third-order valence-corrected chi connectivity index (χ3v) is 3.70. The molecule has 2 rings (SSSR count). The number of amides is 1. The number of nitrogen functional groups attached to an aromatic ring is 1. The Kier molecular flexibility index (Phi) is 4.37. The van der Waals surface area contributed by atoms with Crippen molar-refractivity contribution >= 4 is 11.6 Å². The molecule has 0 bridgehead atoms. The van der Waals surface area contributed by atoms with Crippen molar-refractivity contribution in [2.45, 2.75) is 26.3 Å². The van der Waals surface area contributed by atoms with E-state index in [1.165, 1.54) is 6.20 Å². The first-order valence-electron chi connectivity index (χ1n) is 6.79. The summed E-state index contributed by atoms with van der Waals surface area (Å²) in [4.78, 5) is 18.3. The number of rotatable bonds is 4. The number of likely N-dealkylation sites (tertiary alicyclic amines) is 1. The third-order valence-electron chi connectivity index (χ3n) is 3.70. The summed E-state index contributed by atoms with van der Waals surface area (Å²) < 4.78 is 0. The lowest BCUT2D eigenvalue weighted by Gasteiger charge is -2.20. The normalized spacial score (nSPS) is 19.8. The van der Waals surface area contributed by atoms with E-state index in [4.69, 9.17) is 5.73 Å².